The molecule has 1 aromatic rings. The topological polar surface area (TPSA) is 37.8 Å². The molecule has 5 heteroatoms. The van der Waals surface area contributed by atoms with Crippen molar-refractivity contribution in [3.05, 3.63) is 11.1 Å². The normalized spacial score (nSPS) is 28.6. The summed E-state index contributed by atoms with van der Waals surface area (Å²) in [7, 11) is 0. The van der Waals surface area contributed by atoms with Crippen LogP contribution >= 0.6 is 11.5 Å². The van der Waals surface area contributed by atoms with E-state index in [1.54, 1.807) is 0 Å². The predicted molar refractivity (Wildman–Crippen MR) is 54.2 cm³/mol. The van der Waals surface area contributed by atoms with Crippen molar-refractivity contribution in [3.8, 4) is 0 Å². The second-order valence-corrected chi connectivity index (χ2v) is 4.44. The highest BCUT2D eigenvalue weighted by Gasteiger charge is 2.31. The fourth-order valence-corrected chi connectivity index (χ4v) is 2.31. The molecule has 1 unspecified atom stereocenters. The van der Waals surface area contributed by atoms with E-state index in [9.17, 15) is 4.39 Å². The van der Waals surface area contributed by atoms with Crippen LogP contribution in [0.1, 0.15) is 25.0 Å². The maximum atomic E-state index is 14.3. The molecule has 0 saturated carbocycles. The van der Waals surface area contributed by atoms with Crippen molar-refractivity contribution < 1.29 is 4.39 Å². The predicted octanol–water partition coefficient (Wildman–Crippen LogP) is 1.56. The smallest absolute Gasteiger partial charge is 0.118 e. The maximum Gasteiger partial charge on any atom is 0.118 e. The molecule has 1 saturated heterocycles. The molecule has 0 radical (unpaired) electrons. The lowest BCUT2D eigenvalue weighted by molar-refractivity contribution is 0.143. The second kappa shape index (κ2) is 4.31. The van der Waals surface area contributed by atoms with Gasteiger partial charge < -0.3 is 5.32 Å². The molecule has 1 N–H and O–H groups in total. The van der Waals surface area contributed by atoms with Crippen LogP contribution in [0.25, 0.3) is 0 Å². The molecule has 0 aromatic carbocycles. The van der Waals surface area contributed by atoms with Crippen LogP contribution in [0.4, 0.5) is 4.39 Å². The summed E-state index contributed by atoms with van der Waals surface area (Å²) >= 11 is 1.29. The molecule has 14 heavy (non-hydrogen) atoms. The molecule has 0 amide bonds. The van der Waals surface area contributed by atoms with Gasteiger partial charge in [-0.2, -0.15) is 0 Å². The van der Waals surface area contributed by atoms with Crippen LogP contribution < -0.4 is 5.32 Å². The van der Waals surface area contributed by atoms with Crippen LogP contribution in [-0.4, -0.2) is 28.3 Å². The van der Waals surface area contributed by atoms with Gasteiger partial charge in [0.05, 0.1) is 5.69 Å². The molecule has 1 aliphatic rings. The van der Waals surface area contributed by atoms with E-state index in [1.807, 2.05) is 5.38 Å². The van der Waals surface area contributed by atoms with E-state index in [4.69, 9.17) is 0 Å². The van der Waals surface area contributed by atoms with E-state index in [0.717, 1.165) is 25.2 Å². The minimum absolute atomic E-state index is 0.422. The molecular formula is C9H14FN3S. The summed E-state index contributed by atoms with van der Waals surface area (Å²) in [4.78, 5) is 0. The zero-order valence-corrected chi connectivity index (χ0v) is 8.82. The molecule has 3 nitrogen and oxygen atoms in total. The Balaban J connectivity index is 1.99. The number of nitrogens with one attached hydrogen (secondary N) is 1. The summed E-state index contributed by atoms with van der Waals surface area (Å²) in [5.74, 6) is 0. The van der Waals surface area contributed by atoms with Crippen molar-refractivity contribution in [2.24, 2.45) is 0 Å². The number of rotatable bonds is 2. The Bertz CT molecular complexity index is 268. The van der Waals surface area contributed by atoms with Crippen LogP contribution in [0, 0.1) is 0 Å². The first-order valence-corrected chi connectivity index (χ1v) is 5.78. The van der Waals surface area contributed by atoms with Gasteiger partial charge in [-0.15, -0.1) is 5.10 Å². The maximum absolute atomic E-state index is 14.3. The molecule has 1 aromatic heterocycles. The number of halogens is 1. The molecule has 0 bridgehead atoms. The van der Waals surface area contributed by atoms with Gasteiger partial charge in [0.25, 0.3) is 0 Å². The summed E-state index contributed by atoms with van der Waals surface area (Å²) in [6.07, 6.45) is 2.56. The van der Waals surface area contributed by atoms with Crippen molar-refractivity contribution in [1.82, 2.24) is 14.9 Å². The highest BCUT2D eigenvalue weighted by atomic mass is 32.1. The highest BCUT2D eigenvalue weighted by Crippen LogP contribution is 2.28. The fourth-order valence-electron chi connectivity index (χ4n) is 1.85. The van der Waals surface area contributed by atoms with E-state index in [0.29, 0.717) is 19.3 Å². The van der Waals surface area contributed by atoms with Crippen molar-refractivity contribution >= 4 is 11.5 Å². The summed E-state index contributed by atoms with van der Waals surface area (Å²) in [6.45, 7) is 1.70. The minimum Gasteiger partial charge on any atom is -0.317 e. The molecule has 2 heterocycles. The standard InChI is InChI=1S/C9H14FN3S/c10-9(2-1-4-11-5-3-9)6-8-7-14-13-12-8/h7,11H,1-6H2. The first kappa shape index (κ1) is 9.98. The van der Waals surface area contributed by atoms with E-state index in [1.165, 1.54) is 11.5 Å². The summed E-state index contributed by atoms with van der Waals surface area (Å²) < 4.78 is 18.0. The number of hydrogen-bond acceptors (Lipinski definition) is 4. The number of aromatic nitrogens is 2. The lowest BCUT2D eigenvalue weighted by Crippen LogP contribution is -2.27. The molecular weight excluding hydrogens is 201 g/mol. The van der Waals surface area contributed by atoms with Crippen molar-refractivity contribution in [2.45, 2.75) is 31.4 Å². The van der Waals surface area contributed by atoms with Crippen LogP contribution in [0.15, 0.2) is 5.38 Å². The average Bonchev–Trinajstić information content (AvgIpc) is 2.55. The van der Waals surface area contributed by atoms with Crippen LogP contribution in [0.2, 0.25) is 0 Å². The van der Waals surface area contributed by atoms with Crippen molar-refractivity contribution in [1.29, 1.82) is 0 Å². The largest absolute Gasteiger partial charge is 0.317 e. The SMILES string of the molecule is FC1(Cc2csnn2)CCCNCC1. The fraction of sp³-hybridized carbons (Fsp3) is 0.778. The zero-order chi connectivity index (χ0) is 9.86. The van der Waals surface area contributed by atoms with E-state index in [2.05, 4.69) is 14.9 Å². The second-order valence-electron chi connectivity index (χ2n) is 3.83. The third kappa shape index (κ3) is 2.48. The average molecular weight is 215 g/mol. The van der Waals surface area contributed by atoms with Gasteiger partial charge >= 0.3 is 0 Å². The minimum atomic E-state index is -1.07. The summed E-state index contributed by atoms with van der Waals surface area (Å²) in [6, 6.07) is 0. The van der Waals surface area contributed by atoms with E-state index in [-0.39, 0.29) is 0 Å². The van der Waals surface area contributed by atoms with Gasteiger partial charge in [0.1, 0.15) is 5.67 Å². The van der Waals surface area contributed by atoms with Crippen LogP contribution in [-0.2, 0) is 6.42 Å². The van der Waals surface area contributed by atoms with Gasteiger partial charge in [0.15, 0.2) is 0 Å². The zero-order valence-electron chi connectivity index (χ0n) is 8.00. The van der Waals surface area contributed by atoms with Gasteiger partial charge in [-0.25, -0.2) is 4.39 Å². The molecule has 1 aliphatic heterocycles. The third-order valence-corrected chi connectivity index (χ3v) is 3.18. The number of nitrogens with zero attached hydrogens (tertiary/aromatic N) is 2. The Morgan fingerprint density at radius 2 is 2.43 bits per heavy atom. The molecule has 78 valence electrons. The van der Waals surface area contributed by atoms with Gasteiger partial charge in [-0.1, -0.05) is 4.49 Å². The van der Waals surface area contributed by atoms with E-state index >= 15 is 0 Å². The van der Waals surface area contributed by atoms with Gasteiger partial charge in [-0.05, 0) is 43.9 Å². The Labute approximate surface area is 86.9 Å². The lowest BCUT2D eigenvalue weighted by atomic mass is 9.92. The van der Waals surface area contributed by atoms with E-state index < -0.39 is 5.67 Å². The van der Waals surface area contributed by atoms with Gasteiger partial charge in [0, 0.05) is 11.8 Å². The third-order valence-electron chi connectivity index (χ3n) is 2.63. The van der Waals surface area contributed by atoms with Crippen molar-refractivity contribution in [3.63, 3.8) is 0 Å². The molecule has 1 fully saturated rings. The first-order valence-electron chi connectivity index (χ1n) is 4.94. The molecule has 0 aliphatic carbocycles. The first-order chi connectivity index (χ1) is 6.79. The monoisotopic (exact) mass is 215 g/mol. The summed E-state index contributed by atoms with van der Waals surface area (Å²) in [5, 5.41) is 8.94. The number of alkyl halides is 1. The number of hydrogen-bond donors (Lipinski definition) is 1. The van der Waals surface area contributed by atoms with Crippen LogP contribution in [0.5, 0.6) is 0 Å². The Morgan fingerprint density at radius 1 is 1.50 bits per heavy atom. The summed E-state index contributed by atoms with van der Waals surface area (Å²) in [5.41, 5.74) is -0.279. The molecule has 2 rings (SSSR count). The Kier molecular flexibility index (Phi) is 3.08. The van der Waals surface area contributed by atoms with Crippen molar-refractivity contribution in [2.75, 3.05) is 13.1 Å². The van der Waals surface area contributed by atoms with Gasteiger partial charge in [-0.3, -0.25) is 0 Å². The molecule has 1 atom stereocenters. The Morgan fingerprint density at radius 3 is 3.21 bits per heavy atom. The van der Waals surface area contributed by atoms with Crippen LogP contribution in [0.3, 0.4) is 0 Å². The highest BCUT2D eigenvalue weighted by molar-refractivity contribution is 7.03. The quantitative estimate of drug-likeness (QED) is 0.813. The Hall–Kier alpha value is -0.550. The lowest BCUT2D eigenvalue weighted by Gasteiger charge is -2.21. The van der Waals surface area contributed by atoms with Gasteiger partial charge in [0.2, 0.25) is 0 Å². The molecule has 0 spiro atoms.